The first-order valence-electron chi connectivity index (χ1n) is 4.53. The van der Waals surface area contributed by atoms with Crippen molar-refractivity contribution in [3.63, 3.8) is 0 Å². The molecule has 0 aliphatic rings. The Morgan fingerprint density at radius 1 is 1.62 bits per heavy atom. The lowest BCUT2D eigenvalue weighted by Crippen LogP contribution is -2.36. The second kappa shape index (κ2) is 5.19. The van der Waals surface area contributed by atoms with Gasteiger partial charge in [-0.25, -0.2) is 4.79 Å². The van der Waals surface area contributed by atoms with E-state index in [-0.39, 0.29) is 0 Å². The normalized spacial score (nSPS) is 14.2. The Hall–Kier alpha value is -0.610. The zero-order valence-corrected chi connectivity index (χ0v) is 8.54. The summed E-state index contributed by atoms with van der Waals surface area (Å²) < 4.78 is 5.41. The van der Waals surface area contributed by atoms with E-state index in [2.05, 4.69) is 0 Å². The summed E-state index contributed by atoms with van der Waals surface area (Å²) in [5, 5.41) is 8.78. The number of hydrogen-bond donors (Lipinski definition) is 2. The molecular formula is C9H19NO3. The summed E-state index contributed by atoms with van der Waals surface area (Å²) in [6.07, 6.45) is 0.361. The van der Waals surface area contributed by atoms with E-state index in [0.717, 1.165) is 6.42 Å². The van der Waals surface area contributed by atoms with Gasteiger partial charge in [0.05, 0.1) is 5.60 Å². The van der Waals surface area contributed by atoms with E-state index in [9.17, 15) is 4.79 Å². The topological polar surface area (TPSA) is 72.5 Å². The second-order valence-electron chi connectivity index (χ2n) is 3.64. The largest absolute Gasteiger partial charge is 0.479 e. The Kier molecular flexibility index (Phi) is 4.95. The average Bonchev–Trinajstić information content (AvgIpc) is 2.03. The van der Waals surface area contributed by atoms with Crippen molar-refractivity contribution in [1.29, 1.82) is 0 Å². The monoisotopic (exact) mass is 189 g/mol. The second-order valence-corrected chi connectivity index (χ2v) is 3.64. The summed E-state index contributed by atoms with van der Waals surface area (Å²) in [5.74, 6) is -0.938. The van der Waals surface area contributed by atoms with E-state index in [1.54, 1.807) is 0 Å². The number of carboxylic acids is 1. The van der Waals surface area contributed by atoms with E-state index in [0.29, 0.717) is 13.0 Å². The standard InChI is InChI=1S/C9H19NO3/c1-4-9(2,3)13-7(5-6-10)8(11)12/h7H,4-6,10H2,1-3H3,(H,11,12). The first-order chi connectivity index (χ1) is 5.93. The lowest BCUT2D eigenvalue weighted by molar-refractivity contribution is -0.162. The van der Waals surface area contributed by atoms with Gasteiger partial charge in [-0.2, -0.15) is 0 Å². The fraction of sp³-hybridized carbons (Fsp3) is 0.889. The van der Waals surface area contributed by atoms with Gasteiger partial charge in [0.15, 0.2) is 6.10 Å². The van der Waals surface area contributed by atoms with Gasteiger partial charge < -0.3 is 15.6 Å². The molecule has 0 saturated carbocycles. The molecule has 3 N–H and O–H groups in total. The van der Waals surface area contributed by atoms with Crippen LogP contribution in [0.1, 0.15) is 33.6 Å². The summed E-state index contributed by atoms with van der Waals surface area (Å²) in [6.45, 7) is 6.04. The summed E-state index contributed by atoms with van der Waals surface area (Å²) in [6, 6.07) is 0. The lowest BCUT2D eigenvalue weighted by atomic mass is 10.1. The van der Waals surface area contributed by atoms with Crippen LogP contribution in [0.3, 0.4) is 0 Å². The van der Waals surface area contributed by atoms with Crippen LogP contribution in [0.2, 0.25) is 0 Å². The van der Waals surface area contributed by atoms with Crippen LogP contribution < -0.4 is 5.73 Å². The molecule has 4 nitrogen and oxygen atoms in total. The van der Waals surface area contributed by atoms with Crippen LogP contribution in [0, 0.1) is 0 Å². The van der Waals surface area contributed by atoms with Crippen LogP contribution in [0.5, 0.6) is 0 Å². The average molecular weight is 189 g/mol. The Bertz CT molecular complexity index is 168. The quantitative estimate of drug-likeness (QED) is 0.653. The Balaban J connectivity index is 4.17. The molecule has 0 aliphatic heterocycles. The van der Waals surface area contributed by atoms with E-state index >= 15 is 0 Å². The van der Waals surface area contributed by atoms with Crippen LogP contribution in [0.4, 0.5) is 0 Å². The fourth-order valence-corrected chi connectivity index (χ4v) is 0.853. The number of nitrogens with two attached hydrogens (primary N) is 1. The van der Waals surface area contributed by atoms with E-state index in [4.69, 9.17) is 15.6 Å². The highest BCUT2D eigenvalue weighted by molar-refractivity contribution is 5.72. The third kappa shape index (κ3) is 4.85. The molecule has 1 atom stereocenters. The third-order valence-corrected chi connectivity index (χ3v) is 2.02. The number of carbonyl (C=O) groups is 1. The van der Waals surface area contributed by atoms with Gasteiger partial charge >= 0.3 is 5.97 Å². The van der Waals surface area contributed by atoms with Crippen molar-refractivity contribution in [2.24, 2.45) is 5.73 Å². The van der Waals surface area contributed by atoms with E-state index < -0.39 is 17.7 Å². The van der Waals surface area contributed by atoms with Gasteiger partial charge in [-0.3, -0.25) is 0 Å². The molecule has 0 radical (unpaired) electrons. The van der Waals surface area contributed by atoms with Crippen molar-refractivity contribution in [1.82, 2.24) is 0 Å². The number of carboxylic acid groups (broad SMARTS) is 1. The molecule has 0 aromatic carbocycles. The van der Waals surface area contributed by atoms with Crippen molar-refractivity contribution in [2.45, 2.75) is 45.3 Å². The molecular weight excluding hydrogens is 170 g/mol. The lowest BCUT2D eigenvalue weighted by Gasteiger charge is -2.27. The first kappa shape index (κ1) is 12.4. The molecule has 0 bridgehead atoms. The molecule has 0 aromatic rings. The SMILES string of the molecule is CCC(C)(C)OC(CCN)C(=O)O. The molecule has 78 valence electrons. The van der Waals surface area contributed by atoms with Crippen LogP contribution in [-0.4, -0.2) is 29.3 Å². The van der Waals surface area contributed by atoms with E-state index in [1.165, 1.54) is 0 Å². The van der Waals surface area contributed by atoms with Crippen molar-refractivity contribution >= 4 is 5.97 Å². The number of rotatable bonds is 6. The van der Waals surface area contributed by atoms with Gasteiger partial charge in [0.2, 0.25) is 0 Å². The van der Waals surface area contributed by atoms with Crippen LogP contribution in [0.15, 0.2) is 0 Å². The van der Waals surface area contributed by atoms with E-state index in [1.807, 2.05) is 20.8 Å². The highest BCUT2D eigenvalue weighted by atomic mass is 16.5. The Labute approximate surface area is 79.1 Å². The molecule has 1 unspecified atom stereocenters. The molecule has 0 aliphatic carbocycles. The Morgan fingerprint density at radius 2 is 2.15 bits per heavy atom. The highest BCUT2D eigenvalue weighted by Crippen LogP contribution is 2.17. The summed E-state index contributed by atoms with van der Waals surface area (Å²) in [4.78, 5) is 10.7. The highest BCUT2D eigenvalue weighted by Gasteiger charge is 2.25. The van der Waals surface area contributed by atoms with Crippen LogP contribution in [-0.2, 0) is 9.53 Å². The fourth-order valence-electron chi connectivity index (χ4n) is 0.853. The van der Waals surface area contributed by atoms with Crippen LogP contribution in [0.25, 0.3) is 0 Å². The van der Waals surface area contributed by atoms with Crippen molar-refractivity contribution in [3.05, 3.63) is 0 Å². The molecule has 4 heteroatoms. The maximum atomic E-state index is 10.7. The Morgan fingerprint density at radius 3 is 2.46 bits per heavy atom. The van der Waals surface area contributed by atoms with Crippen LogP contribution >= 0.6 is 0 Å². The minimum absolute atomic E-state index is 0.330. The molecule has 13 heavy (non-hydrogen) atoms. The van der Waals surface area contributed by atoms with Gasteiger partial charge in [0, 0.05) is 0 Å². The minimum atomic E-state index is -0.938. The maximum absolute atomic E-state index is 10.7. The number of hydrogen-bond acceptors (Lipinski definition) is 3. The number of aliphatic carboxylic acids is 1. The minimum Gasteiger partial charge on any atom is -0.479 e. The van der Waals surface area contributed by atoms with Gasteiger partial charge in [0.1, 0.15) is 0 Å². The molecule has 0 fully saturated rings. The maximum Gasteiger partial charge on any atom is 0.332 e. The van der Waals surface area contributed by atoms with Gasteiger partial charge in [-0.1, -0.05) is 6.92 Å². The molecule has 0 rings (SSSR count). The van der Waals surface area contributed by atoms with Crippen molar-refractivity contribution in [2.75, 3.05) is 6.54 Å². The summed E-state index contributed by atoms with van der Waals surface area (Å²) >= 11 is 0. The van der Waals surface area contributed by atoms with Crippen molar-refractivity contribution in [3.8, 4) is 0 Å². The summed E-state index contributed by atoms with van der Waals surface area (Å²) in [5.41, 5.74) is 4.89. The zero-order valence-electron chi connectivity index (χ0n) is 8.54. The molecule has 0 amide bonds. The summed E-state index contributed by atoms with van der Waals surface area (Å²) in [7, 11) is 0. The van der Waals surface area contributed by atoms with Gasteiger partial charge in [-0.05, 0) is 33.2 Å². The molecule has 0 saturated heterocycles. The van der Waals surface area contributed by atoms with Gasteiger partial charge in [0.25, 0.3) is 0 Å². The first-order valence-corrected chi connectivity index (χ1v) is 4.53. The van der Waals surface area contributed by atoms with Gasteiger partial charge in [-0.15, -0.1) is 0 Å². The van der Waals surface area contributed by atoms with Crippen molar-refractivity contribution < 1.29 is 14.6 Å². The smallest absolute Gasteiger partial charge is 0.332 e. The molecule has 0 spiro atoms. The molecule has 0 aromatic heterocycles. The molecule has 0 heterocycles. The third-order valence-electron chi connectivity index (χ3n) is 2.02. The zero-order chi connectivity index (χ0) is 10.5. The predicted molar refractivity (Wildman–Crippen MR) is 50.6 cm³/mol. The number of ether oxygens (including phenoxy) is 1. The predicted octanol–water partition coefficient (Wildman–Crippen LogP) is 0.994.